The van der Waals surface area contributed by atoms with E-state index in [1.165, 1.54) is 0 Å². The smallest absolute Gasteiger partial charge is 0.226 e. The molecule has 0 aliphatic carbocycles. The highest BCUT2D eigenvalue weighted by molar-refractivity contribution is 5.97. The summed E-state index contributed by atoms with van der Waals surface area (Å²) in [6.07, 6.45) is 3.27. The molecule has 0 bridgehead atoms. The van der Waals surface area contributed by atoms with Gasteiger partial charge in [0, 0.05) is 43.8 Å². The Hall–Kier alpha value is -3.02. The monoisotopic (exact) mass is 391 g/mol. The highest BCUT2D eigenvalue weighted by atomic mass is 16.5. The predicted molar refractivity (Wildman–Crippen MR) is 112 cm³/mol. The van der Waals surface area contributed by atoms with Gasteiger partial charge in [-0.05, 0) is 31.9 Å². The summed E-state index contributed by atoms with van der Waals surface area (Å²) in [7, 11) is 2.00. The van der Waals surface area contributed by atoms with Crippen molar-refractivity contribution in [2.45, 2.75) is 38.7 Å². The van der Waals surface area contributed by atoms with Crippen molar-refractivity contribution in [2.75, 3.05) is 18.1 Å². The Labute approximate surface area is 170 Å². The van der Waals surface area contributed by atoms with Gasteiger partial charge >= 0.3 is 0 Å². The molecule has 0 saturated carbocycles. The van der Waals surface area contributed by atoms with Crippen molar-refractivity contribution in [3.05, 3.63) is 47.8 Å². The number of amides is 1. The summed E-state index contributed by atoms with van der Waals surface area (Å²) < 4.78 is 14.4. The molecule has 1 unspecified atom stereocenters. The van der Waals surface area contributed by atoms with E-state index in [2.05, 4.69) is 16.7 Å². The number of carbonyl (C=O) groups is 1. The van der Waals surface area contributed by atoms with E-state index in [-0.39, 0.29) is 12.0 Å². The van der Waals surface area contributed by atoms with E-state index in [0.29, 0.717) is 13.0 Å². The molecule has 2 aliphatic rings. The third-order valence-electron chi connectivity index (χ3n) is 5.97. The van der Waals surface area contributed by atoms with E-state index in [4.69, 9.17) is 14.5 Å². The van der Waals surface area contributed by atoms with Gasteiger partial charge in [0.15, 0.2) is 0 Å². The SMILES string of the molecule is Cc1nc2c(OC3CCOc4ccccc43)cc(N3CCCCC3=O)cc2n1C. The lowest BCUT2D eigenvalue weighted by atomic mass is 10.0. The quantitative estimate of drug-likeness (QED) is 0.668. The molecule has 6 heteroatoms. The second-order valence-corrected chi connectivity index (χ2v) is 7.81. The fraction of sp³-hybridized carbons (Fsp3) is 0.391. The Morgan fingerprint density at radius 3 is 2.93 bits per heavy atom. The lowest BCUT2D eigenvalue weighted by molar-refractivity contribution is -0.119. The number of hydrogen-bond acceptors (Lipinski definition) is 4. The molecule has 2 aliphatic heterocycles. The van der Waals surface area contributed by atoms with Crippen molar-refractivity contribution in [1.29, 1.82) is 0 Å². The van der Waals surface area contributed by atoms with Crippen LogP contribution in [0.5, 0.6) is 11.5 Å². The van der Waals surface area contributed by atoms with Crippen LogP contribution >= 0.6 is 0 Å². The summed E-state index contributed by atoms with van der Waals surface area (Å²) >= 11 is 0. The largest absolute Gasteiger partial charge is 0.493 e. The number of rotatable bonds is 3. The summed E-state index contributed by atoms with van der Waals surface area (Å²) in [5.41, 5.74) is 3.76. The van der Waals surface area contributed by atoms with E-state index in [1.807, 2.05) is 43.1 Å². The van der Waals surface area contributed by atoms with Crippen LogP contribution in [0.4, 0.5) is 5.69 Å². The van der Waals surface area contributed by atoms with E-state index in [0.717, 1.165) is 65.4 Å². The number of imidazole rings is 1. The minimum absolute atomic E-state index is 0.0993. The zero-order valence-corrected chi connectivity index (χ0v) is 16.9. The first-order valence-electron chi connectivity index (χ1n) is 10.3. The average Bonchev–Trinajstić information content (AvgIpc) is 3.03. The molecule has 3 aromatic rings. The number of para-hydroxylation sites is 1. The van der Waals surface area contributed by atoms with Gasteiger partial charge < -0.3 is 18.9 Å². The van der Waals surface area contributed by atoms with Gasteiger partial charge in [0.25, 0.3) is 0 Å². The molecule has 3 heterocycles. The molecule has 2 aromatic carbocycles. The zero-order chi connectivity index (χ0) is 20.0. The molecule has 1 saturated heterocycles. The fourth-order valence-electron chi connectivity index (χ4n) is 4.27. The van der Waals surface area contributed by atoms with Crippen LogP contribution < -0.4 is 14.4 Å². The Balaban J connectivity index is 1.59. The van der Waals surface area contributed by atoms with Gasteiger partial charge in [0.2, 0.25) is 5.91 Å². The number of aryl methyl sites for hydroxylation is 2. The molecule has 0 N–H and O–H groups in total. The van der Waals surface area contributed by atoms with E-state index < -0.39 is 0 Å². The molecular weight excluding hydrogens is 366 g/mol. The molecule has 150 valence electrons. The van der Waals surface area contributed by atoms with Gasteiger partial charge in [-0.3, -0.25) is 4.79 Å². The van der Waals surface area contributed by atoms with Crippen LogP contribution in [0.15, 0.2) is 36.4 Å². The minimum Gasteiger partial charge on any atom is -0.493 e. The van der Waals surface area contributed by atoms with Crippen LogP contribution in [0, 0.1) is 6.92 Å². The van der Waals surface area contributed by atoms with Crippen molar-refractivity contribution in [3.63, 3.8) is 0 Å². The highest BCUT2D eigenvalue weighted by Gasteiger charge is 2.26. The zero-order valence-electron chi connectivity index (χ0n) is 16.9. The number of nitrogens with zero attached hydrogens (tertiary/aromatic N) is 3. The molecule has 1 aromatic heterocycles. The summed E-state index contributed by atoms with van der Waals surface area (Å²) in [6, 6.07) is 12.1. The number of hydrogen-bond donors (Lipinski definition) is 0. The third-order valence-corrected chi connectivity index (χ3v) is 5.97. The first kappa shape index (κ1) is 18.0. The van der Waals surface area contributed by atoms with Crippen molar-refractivity contribution >= 4 is 22.6 Å². The Kier molecular flexibility index (Phi) is 4.42. The maximum absolute atomic E-state index is 12.5. The van der Waals surface area contributed by atoms with Gasteiger partial charge in [0.05, 0.1) is 12.1 Å². The van der Waals surface area contributed by atoms with Crippen molar-refractivity contribution in [2.24, 2.45) is 7.05 Å². The molecule has 1 fully saturated rings. The van der Waals surface area contributed by atoms with Crippen LogP contribution in [0.25, 0.3) is 11.0 Å². The second kappa shape index (κ2) is 7.10. The number of aromatic nitrogens is 2. The van der Waals surface area contributed by atoms with Crippen LogP contribution in [0.2, 0.25) is 0 Å². The lowest BCUT2D eigenvalue weighted by Crippen LogP contribution is -2.35. The Bertz CT molecular complexity index is 1090. The van der Waals surface area contributed by atoms with Gasteiger partial charge in [-0.25, -0.2) is 4.98 Å². The number of fused-ring (bicyclic) bond motifs is 2. The second-order valence-electron chi connectivity index (χ2n) is 7.81. The lowest BCUT2D eigenvalue weighted by Gasteiger charge is -2.29. The normalized spacial score (nSPS) is 19.2. The molecule has 1 amide bonds. The number of benzene rings is 2. The predicted octanol–water partition coefficient (Wildman–Crippen LogP) is 4.30. The molecular formula is C23H25N3O3. The van der Waals surface area contributed by atoms with E-state index >= 15 is 0 Å². The van der Waals surface area contributed by atoms with Crippen LogP contribution in [0.3, 0.4) is 0 Å². The molecule has 29 heavy (non-hydrogen) atoms. The third kappa shape index (κ3) is 3.12. The van der Waals surface area contributed by atoms with Gasteiger partial charge in [-0.15, -0.1) is 0 Å². The maximum atomic E-state index is 12.5. The number of ether oxygens (including phenoxy) is 2. The first-order chi connectivity index (χ1) is 14.1. The molecule has 0 spiro atoms. The fourth-order valence-corrected chi connectivity index (χ4v) is 4.27. The van der Waals surface area contributed by atoms with Crippen molar-refractivity contribution in [3.8, 4) is 11.5 Å². The number of piperidine rings is 1. The van der Waals surface area contributed by atoms with Crippen LogP contribution in [-0.4, -0.2) is 28.6 Å². The highest BCUT2D eigenvalue weighted by Crippen LogP contribution is 2.39. The summed E-state index contributed by atoms with van der Waals surface area (Å²) in [4.78, 5) is 19.2. The van der Waals surface area contributed by atoms with E-state index in [1.54, 1.807) is 0 Å². The standard InChI is InChI=1S/C23H25N3O3/c1-15-24-23-18(25(15)2)13-16(26-11-6-5-9-22(26)27)14-21(23)29-20-10-12-28-19-8-4-3-7-17(19)20/h3-4,7-8,13-14,20H,5-6,9-12H2,1-2H3. The van der Waals surface area contributed by atoms with E-state index in [9.17, 15) is 4.79 Å². The first-order valence-corrected chi connectivity index (χ1v) is 10.3. The van der Waals surface area contributed by atoms with Gasteiger partial charge in [-0.2, -0.15) is 0 Å². The Morgan fingerprint density at radius 2 is 2.07 bits per heavy atom. The molecule has 0 radical (unpaired) electrons. The molecule has 5 rings (SSSR count). The minimum atomic E-state index is -0.0993. The van der Waals surface area contributed by atoms with Crippen molar-refractivity contribution < 1.29 is 14.3 Å². The summed E-state index contributed by atoms with van der Waals surface area (Å²) in [6.45, 7) is 3.36. The van der Waals surface area contributed by atoms with Crippen molar-refractivity contribution in [1.82, 2.24) is 9.55 Å². The van der Waals surface area contributed by atoms with Gasteiger partial charge in [-0.1, -0.05) is 18.2 Å². The number of anilines is 1. The Morgan fingerprint density at radius 1 is 1.21 bits per heavy atom. The summed E-state index contributed by atoms with van der Waals surface area (Å²) in [5, 5.41) is 0. The van der Waals surface area contributed by atoms with Gasteiger partial charge in [0.1, 0.15) is 28.9 Å². The topological polar surface area (TPSA) is 56.6 Å². The average molecular weight is 391 g/mol. The summed E-state index contributed by atoms with van der Waals surface area (Å²) in [5.74, 6) is 2.69. The molecule has 1 atom stereocenters. The maximum Gasteiger partial charge on any atom is 0.226 e. The van der Waals surface area contributed by atoms with Crippen LogP contribution in [0.1, 0.15) is 43.2 Å². The number of carbonyl (C=O) groups excluding carboxylic acids is 1. The molecule has 6 nitrogen and oxygen atoms in total. The van der Waals surface area contributed by atoms with Crippen LogP contribution in [-0.2, 0) is 11.8 Å².